The van der Waals surface area contributed by atoms with Gasteiger partial charge in [-0.25, -0.2) is 13.1 Å². The van der Waals surface area contributed by atoms with Gasteiger partial charge < -0.3 is 10.6 Å². The van der Waals surface area contributed by atoms with E-state index in [0.29, 0.717) is 18.0 Å². The Morgan fingerprint density at radius 3 is 2.07 bits per heavy atom. The van der Waals surface area contributed by atoms with Crippen molar-refractivity contribution in [3.8, 4) is 0 Å². The number of para-hydroxylation sites is 1. The molecule has 1 amide bonds. The van der Waals surface area contributed by atoms with Crippen LogP contribution in [0.3, 0.4) is 0 Å². The lowest BCUT2D eigenvalue weighted by atomic mass is 10.0. The number of sulfonamides is 1. The minimum Gasteiger partial charge on any atom is -0.380 e. The van der Waals surface area contributed by atoms with Crippen molar-refractivity contribution in [1.29, 1.82) is 0 Å². The molecule has 3 N–H and O–H groups in total. The molecule has 0 saturated carbocycles. The molecule has 1 atom stereocenters. The maximum absolute atomic E-state index is 12.5. The average Bonchev–Trinajstić information content (AvgIpc) is 2.63. The third kappa shape index (κ3) is 7.18. The quantitative estimate of drug-likeness (QED) is 0.612. The van der Waals surface area contributed by atoms with E-state index in [1.807, 2.05) is 30.3 Å². The van der Waals surface area contributed by atoms with E-state index in [1.165, 1.54) is 24.3 Å². The first-order valence-corrected chi connectivity index (χ1v) is 11.2. The number of rotatable bonds is 8. The van der Waals surface area contributed by atoms with Gasteiger partial charge in [0.2, 0.25) is 10.0 Å². The fraction of sp³-hybridized carbons (Fsp3) is 0.409. The van der Waals surface area contributed by atoms with E-state index in [-0.39, 0.29) is 16.8 Å². The van der Waals surface area contributed by atoms with Crippen LogP contribution in [-0.4, -0.2) is 32.5 Å². The van der Waals surface area contributed by atoms with Gasteiger partial charge >= 0.3 is 0 Å². The van der Waals surface area contributed by atoms with Crippen molar-refractivity contribution in [3.05, 3.63) is 60.2 Å². The molecule has 1 unspecified atom stereocenters. The van der Waals surface area contributed by atoms with E-state index < -0.39 is 15.6 Å². The second-order valence-electron chi connectivity index (χ2n) is 8.45. The van der Waals surface area contributed by atoms with Gasteiger partial charge in [0, 0.05) is 29.4 Å². The van der Waals surface area contributed by atoms with Crippen LogP contribution in [0.15, 0.2) is 59.5 Å². The Kier molecular flexibility index (Phi) is 7.43. The van der Waals surface area contributed by atoms with Crippen LogP contribution in [0.2, 0.25) is 0 Å². The molecule has 7 heteroatoms. The smallest absolute Gasteiger partial charge is 0.251 e. The monoisotopic (exact) mass is 417 g/mol. The number of amides is 1. The van der Waals surface area contributed by atoms with Crippen LogP contribution in [0.5, 0.6) is 0 Å². The first-order chi connectivity index (χ1) is 13.5. The van der Waals surface area contributed by atoms with E-state index in [0.717, 1.165) is 5.69 Å². The lowest BCUT2D eigenvalue weighted by molar-refractivity contribution is 0.0950. The number of carbonyl (C=O) groups excluding carboxylic acids is 1. The minimum atomic E-state index is -3.62. The molecule has 0 heterocycles. The van der Waals surface area contributed by atoms with Crippen LogP contribution in [0.1, 0.15) is 45.0 Å². The molecule has 0 aliphatic rings. The Morgan fingerprint density at radius 2 is 1.55 bits per heavy atom. The molecule has 29 heavy (non-hydrogen) atoms. The summed E-state index contributed by atoms with van der Waals surface area (Å²) in [6, 6.07) is 15.9. The van der Waals surface area contributed by atoms with Crippen molar-refractivity contribution in [2.75, 3.05) is 11.9 Å². The van der Waals surface area contributed by atoms with E-state index in [1.54, 1.807) is 20.8 Å². The molecule has 0 saturated heterocycles. The van der Waals surface area contributed by atoms with Crippen LogP contribution < -0.4 is 15.4 Å². The van der Waals surface area contributed by atoms with Gasteiger partial charge in [-0.1, -0.05) is 32.0 Å². The van der Waals surface area contributed by atoms with Gasteiger partial charge in [-0.2, -0.15) is 0 Å². The highest BCUT2D eigenvalue weighted by Crippen LogP contribution is 2.15. The first kappa shape index (κ1) is 22.9. The summed E-state index contributed by atoms with van der Waals surface area (Å²) in [5.74, 6) is 0.0738. The second kappa shape index (κ2) is 9.41. The Morgan fingerprint density at radius 1 is 0.966 bits per heavy atom. The zero-order chi connectivity index (χ0) is 21.7. The summed E-state index contributed by atoms with van der Waals surface area (Å²) in [4.78, 5) is 12.6. The van der Waals surface area contributed by atoms with Gasteiger partial charge in [0.05, 0.1) is 4.90 Å². The lowest BCUT2D eigenvalue weighted by Crippen LogP contribution is -2.40. The third-order valence-corrected chi connectivity index (χ3v) is 6.05. The molecular formula is C22H31N3O3S. The number of benzene rings is 2. The molecule has 0 radical (unpaired) electrons. The van der Waals surface area contributed by atoms with Crippen molar-refractivity contribution in [1.82, 2.24) is 10.0 Å². The molecule has 6 nitrogen and oxygen atoms in total. The van der Waals surface area contributed by atoms with Gasteiger partial charge in [-0.05, 0) is 63.1 Å². The highest BCUT2D eigenvalue weighted by molar-refractivity contribution is 7.89. The highest BCUT2D eigenvalue weighted by atomic mass is 32.2. The SMILES string of the molecule is CC(C)C(CNC(=O)c1ccc(S(=O)(=O)NC(C)(C)C)cc1)Nc1ccccc1. The maximum Gasteiger partial charge on any atom is 0.251 e. The first-order valence-electron chi connectivity index (χ1n) is 9.72. The van der Waals surface area contributed by atoms with Gasteiger partial charge in [0.25, 0.3) is 5.91 Å². The molecule has 158 valence electrons. The molecule has 0 bridgehead atoms. The summed E-state index contributed by atoms with van der Waals surface area (Å²) >= 11 is 0. The molecule has 2 aromatic carbocycles. The van der Waals surface area contributed by atoms with Gasteiger partial charge in [-0.15, -0.1) is 0 Å². The highest BCUT2D eigenvalue weighted by Gasteiger charge is 2.22. The number of nitrogens with one attached hydrogen (secondary N) is 3. The zero-order valence-electron chi connectivity index (χ0n) is 17.7. The van der Waals surface area contributed by atoms with Crippen molar-refractivity contribution in [3.63, 3.8) is 0 Å². The molecule has 0 fully saturated rings. The summed E-state index contributed by atoms with van der Waals surface area (Å²) in [6.07, 6.45) is 0. The normalized spacial score (nSPS) is 13.2. The molecule has 0 aliphatic heterocycles. The fourth-order valence-corrected chi connectivity index (χ4v) is 4.17. The predicted molar refractivity (Wildman–Crippen MR) is 118 cm³/mol. The maximum atomic E-state index is 12.5. The largest absolute Gasteiger partial charge is 0.380 e. The average molecular weight is 418 g/mol. The summed E-state index contributed by atoms with van der Waals surface area (Å²) in [5.41, 5.74) is 0.843. The van der Waals surface area contributed by atoms with Crippen molar-refractivity contribution in [2.45, 2.75) is 51.1 Å². The Bertz CT molecular complexity index is 903. The van der Waals surface area contributed by atoms with Crippen molar-refractivity contribution >= 4 is 21.6 Å². The number of hydrogen-bond donors (Lipinski definition) is 3. The molecule has 2 aromatic rings. The number of carbonyl (C=O) groups is 1. The molecule has 0 aromatic heterocycles. The van der Waals surface area contributed by atoms with E-state index >= 15 is 0 Å². The van der Waals surface area contributed by atoms with Gasteiger partial charge in [0.1, 0.15) is 0 Å². The topological polar surface area (TPSA) is 87.3 Å². The molecule has 0 spiro atoms. The summed E-state index contributed by atoms with van der Waals surface area (Å²) in [6.45, 7) is 9.98. The Labute approximate surface area is 174 Å². The molecule has 2 rings (SSSR count). The van der Waals surface area contributed by atoms with Gasteiger partial charge in [-0.3, -0.25) is 4.79 Å². The zero-order valence-corrected chi connectivity index (χ0v) is 18.5. The predicted octanol–water partition coefficient (Wildman–Crippen LogP) is 3.63. The standard InChI is InChI=1S/C22H31N3O3S/c1-16(2)20(24-18-9-7-6-8-10-18)15-23-21(26)17-11-13-19(14-12-17)29(27,28)25-22(3,4)5/h6-14,16,20,24-25H,15H2,1-5H3,(H,23,26). The Hall–Kier alpha value is -2.38. The van der Waals surface area contributed by atoms with Crippen LogP contribution in [0.4, 0.5) is 5.69 Å². The van der Waals surface area contributed by atoms with Crippen LogP contribution in [-0.2, 0) is 10.0 Å². The van der Waals surface area contributed by atoms with E-state index in [2.05, 4.69) is 29.2 Å². The van der Waals surface area contributed by atoms with E-state index in [9.17, 15) is 13.2 Å². The van der Waals surface area contributed by atoms with E-state index in [4.69, 9.17) is 0 Å². The van der Waals surface area contributed by atoms with Gasteiger partial charge in [0.15, 0.2) is 0 Å². The lowest BCUT2D eigenvalue weighted by Gasteiger charge is -2.24. The Balaban J connectivity index is 2.01. The second-order valence-corrected chi connectivity index (χ2v) is 10.1. The summed E-state index contributed by atoms with van der Waals surface area (Å²) < 4.78 is 27.3. The van der Waals surface area contributed by atoms with Crippen LogP contribution in [0.25, 0.3) is 0 Å². The number of anilines is 1. The fourth-order valence-electron chi connectivity index (χ4n) is 2.75. The van der Waals surface area contributed by atoms with Crippen molar-refractivity contribution in [2.24, 2.45) is 5.92 Å². The molecular weight excluding hydrogens is 386 g/mol. The van der Waals surface area contributed by atoms with Crippen LogP contribution >= 0.6 is 0 Å². The van der Waals surface area contributed by atoms with Crippen molar-refractivity contribution < 1.29 is 13.2 Å². The third-order valence-electron chi connectivity index (χ3n) is 4.28. The number of hydrogen-bond acceptors (Lipinski definition) is 4. The molecule has 0 aliphatic carbocycles. The summed E-state index contributed by atoms with van der Waals surface area (Å²) in [5, 5.41) is 6.36. The summed E-state index contributed by atoms with van der Waals surface area (Å²) in [7, 11) is -3.62. The minimum absolute atomic E-state index is 0.0667. The van der Waals surface area contributed by atoms with Crippen LogP contribution in [0, 0.1) is 5.92 Å².